The Morgan fingerprint density at radius 3 is 1.67 bits per heavy atom. The summed E-state index contributed by atoms with van der Waals surface area (Å²) in [5.41, 5.74) is 0. The molecule has 1 aromatic heterocycles. The highest BCUT2D eigenvalue weighted by atomic mass is 32.2. The van der Waals surface area contributed by atoms with E-state index in [1.165, 1.54) is 51.4 Å². The van der Waals surface area contributed by atoms with E-state index in [1.807, 2.05) is 6.92 Å². The first-order chi connectivity index (χ1) is 33.2. The molecule has 0 spiro atoms. The summed E-state index contributed by atoms with van der Waals surface area (Å²) in [6.45, 7) is 3.35. The van der Waals surface area contributed by atoms with E-state index in [9.17, 15) is 52.2 Å². The van der Waals surface area contributed by atoms with Crippen LogP contribution in [0.15, 0.2) is 0 Å². The maximum Gasteiger partial charge on any atom is 0.326 e. The molecule has 1 rings (SSSR count). The van der Waals surface area contributed by atoms with E-state index in [0.29, 0.717) is 39.0 Å². The molecule has 19 nitrogen and oxygen atoms in total. The Morgan fingerprint density at radius 2 is 1.12 bits per heavy atom. The molecule has 2 atom stereocenters. The van der Waals surface area contributed by atoms with Crippen LogP contribution in [0.25, 0.3) is 0 Å². The van der Waals surface area contributed by atoms with Gasteiger partial charge in [0.1, 0.15) is 17.6 Å². The first kappa shape index (κ1) is 62.7. The van der Waals surface area contributed by atoms with Crippen molar-refractivity contribution in [1.29, 1.82) is 0 Å². The van der Waals surface area contributed by atoms with E-state index in [0.717, 1.165) is 89.3 Å². The van der Waals surface area contributed by atoms with Gasteiger partial charge in [0.05, 0.1) is 11.7 Å². The van der Waals surface area contributed by atoms with Gasteiger partial charge in [0.25, 0.3) is 0 Å². The summed E-state index contributed by atoms with van der Waals surface area (Å²) in [5.74, 6) is -4.67. The average molecular weight is 998 g/mol. The predicted octanol–water partition coefficient (Wildman–Crippen LogP) is 7.62. The average Bonchev–Trinajstić information content (AvgIpc) is 3.83. The second-order valence-corrected chi connectivity index (χ2v) is 20.1. The number of carbonyl (C=O) groups is 7. The number of sulfonamides is 1. The molecule has 0 bridgehead atoms. The van der Waals surface area contributed by atoms with Crippen molar-refractivity contribution in [1.82, 2.24) is 36.0 Å². The molecule has 0 aliphatic heterocycles. The van der Waals surface area contributed by atoms with Crippen molar-refractivity contribution in [3.63, 3.8) is 0 Å². The zero-order valence-electron chi connectivity index (χ0n) is 41.8. The van der Waals surface area contributed by atoms with Gasteiger partial charge in [-0.2, -0.15) is 5.21 Å². The van der Waals surface area contributed by atoms with Gasteiger partial charge in [-0.1, -0.05) is 121 Å². The number of ether oxygens (including phenoxy) is 1. The summed E-state index contributed by atoms with van der Waals surface area (Å²) in [5, 5.41) is 38.3. The molecule has 0 saturated heterocycles. The minimum absolute atomic E-state index is 0.0119. The smallest absolute Gasteiger partial charge is 0.326 e. The number of H-pyrrole nitrogens is 1. The number of aliphatic carboxylic acids is 2. The largest absolute Gasteiger partial charge is 0.481 e. The lowest BCUT2D eigenvalue weighted by atomic mass is 9.94. The number of amides is 3. The van der Waals surface area contributed by atoms with Gasteiger partial charge in [-0.05, 0) is 58.3 Å². The number of tetrazole rings is 1. The lowest BCUT2D eigenvalue weighted by Gasteiger charge is -2.16. The first-order valence-electron chi connectivity index (χ1n) is 26.1. The van der Waals surface area contributed by atoms with E-state index in [1.54, 1.807) is 0 Å². The van der Waals surface area contributed by atoms with Crippen LogP contribution < -0.4 is 15.4 Å². The van der Waals surface area contributed by atoms with E-state index in [-0.39, 0.29) is 87.4 Å². The van der Waals surface area contributed by atoms with Crippen LogP contribution in [-0.4, -0.2) is 112 Å². The van der Waals surface area contributed by atoms with Crippen molar-refractivity contribution in [2.45, 2.75) is 231 Å². The summed E-state index contributed by atoms with van der Waals surface area (Å²) in [6, 6.07) is -1.27. The minimum Gasteiger partial charge on any atom is -0.481 e. The van der Waals surface area contributed by atoms with Gasteiger partial charge in [0, 0.05) is 71.1 Å². The Bertz CT molecular complexity index is 1680. The second kappa shape index (κ2) is 41.5. The molecular weight excluding hydrogens is 911 g/mol. The Kier molecular flexibility index (Phi) is 37.7. The zero-order valence-corrected chi connectivity index (χ0v) is 42.6. The Hall–Kier alpha value is -4.33. The van der Waals surface area contributed by atoms with Gasteiger partial charge in [0.15, 0.2) is 5.82 Å². The second-order valence-electron chi connectivity index (χ2n) is 18.3. The molecule has 0 aromatic carbocycles. The zero-order chi connectivity index (χ0) is 50.8. The highest BCUT2D eigenvalue weighted by Crippen LogP contribution is 2.18. The highest BCUT2D eigenvalue weighted by molar-refractivity contribution is 7.90. The van der Waals surface area contributed by atoms with Gasteiger partial charge >= 0.3 is 11.9 Å². The monoisotopic (exact) mass is 998 g/mol. The molecule has 1 unspecified atom stereocenters. The van der Waals surface area contributed by atoms with Gasteiger partial charge in [0.2, 0.25) is 27.7 Å². The third-order valence-electron chi connectivity index (χ3n) is 12.1. The molecule has 6 N–H and O–H groups in total. The quantitative estimate of drug-likeness (QED) is 0.0342. The number of hydrogen-bond acceptors (Lipinski definition) is 13. The fraction of sp³-hybridized carbons (Fsp3) is 0.837. The van der Waals surface area contributed by atoms with Crippen molar-refractivity contribution in [3.05, 3.63) is 5.82 Å². The lowest BCUT2D eigenvalue weighted by molar-refractivity contribution is -0.145. The number of ketones is 2. The molecule has 396 valence electrons. The minimum atomic E-state index is -3.78. The molecule has 1 heterocycles. The number of carbonyl (C=O) groups excluding carboxylic acids is 5. The van der Waals surface area contributed by atoms with Crippen LogP contribution in [0, 0.1) is 5.92 Å². The number of nitrogens with one attached hydrogen (secondary N) is 4. The fourth-order valence-electron chi connectivity index (χ4n) is 7.97. The number of aromatic nitrogens is 4. The van der Waals surface area contributed by atoms with Crippen molar-refractivity contribution in [3.8, 4) is 0 Å². The van der Waals surface area contributed by atoms with Crippen molar-refractivity contribution in [2.75, 3.05) is 25.5 Å². The molecule has 0 saturated carbocycles. The summed E-state index contributed by atoms with van der Waals surface area (Å²) >= 11 is 0. The molecule has 0 fully saturated rings. The Morgan fingerprint density at radius 1 is 0.580 bits per heavy atom. The van der Waals surface area contributed by atoms with Crippen LogP contribution in [0.4, 0.5) is 0 Å². The van der Waals surface area contributed by atoms with E-state index in [4.69, 9.17) is 4.74 Å². The standard InChI is InChI=1S/C49H87N7O12S/c1-2-68-37-25-28-41(57)33-34-43(49(64)65)51-46(60)35-32-40(48(62)63)39-42(58)27-21-17-13-9-8-12-16-20-24-36-50-45(59)31-26-38-69(66,67)54-47(61)30-23-19-15-11-7-5-3-4-6-10-14-18-22-29-44-52-55-56-53-44/h40,43H,2-39H2,1H3,(H,50,59)(H,51,60)(H,54,61)(H,62,63)(H,64,65)(H,52,53,55,56)/t40-,43?/m1/s1. The van der Waals surface area contributed by atoms with Gasteiger partial charge in [-0.25, -0.2) is 13.2 Å². The lowest BCUT2D eigenvalue weighted by Crippen LogP contribution is -2.41. The van der Waals surface area contributed by atoms with E-state index >= 15 is 0 Å². The van der Waals surface area contributed by atoms with Crippen LogP contribution in [0.2, 0.25) is 0 Å². The van der Waals surface area contributed by atoms with Crippen LogP contribution >= 0.6 is 0 Å². The van der Waals surface area contributed by atoms with Crippen LogP contribution in [-0.2, 0) is 54.7 Å². The maximum absolute atomic E-state index is 12.5. The van der Waals surface area contributed by atoms with Crippen molar-refractivity contribution in [2.24, 2.45) is 5.92 Å². The van der Waals surface area contributed by atoms with E-state index < -0.39 is 45.7 Å². The summed E-state index contributed by atoms with van der Waals surface area (Å²) in [6.07, 6.45) is 24.7. The number of hydrogen-bond donors (Lipinski definition) is 6. The molecule has 69 heavy (non-hydrogen) atoms. The van der Waals surface area contributed by atoms with Crippen molar-refractivity contribution >= 4 is 51.2 Å². The first-order valence-corrected chi connectivity index (χ1v) is 27.8. The molecule has 20 heteroatoms. The van der Waals surface area contributed by atoms with Crippen LogP contribution in [0.1, 0.15) is 225 Å². The Labute approximate surface area is 411 Å². The van der Waals surface area contributed by atoms with Crippen LogP contribution in [0.5, 0.6) is 0 Å². The maximum atomic E-state index is 12.5. The van der Waals surface area contributed by atoms with Gasteiger partial charge < -0.3 is 25.6 Å². The third-order valence-corrected chi connectivity index (χ3v) is 13.4. The number of nitrogens with zero attached hydrogens (tertiary/aromatic N) is 3. The molecule has 0 aliphatic rings. The van der Waals surface area contributed by atoms with Gasteiger partial charge in [-0.3, -0.25) is 33.5 Å². The SMILES string of the molecule is CCOCCCC(=O)CCC(NC(=O)CC[C@H](CC(=O)CCCCCCCCCCCNC(=O)CCCS(=O)(=O)NC(=O)CCCCCCCCCCCCCCCc1nn[nH]n1)C(=O)O)C(=O)O. The number of rotatable bonds is 49. The Balaban J connectivity index is 1.98. The molecule has 0 radical (unpaired) electrons. The number of aryl methyl sites for hydroxylation is 1. The number of Topliss-reactive ketones (excluding diaryl/α,β-unsaturated/α-hetero) is 2. The number of unbranched alkanes of at least 4 members (excludes halogenated alkanes) is 20. The number of aromatic amines is 1. The normalized spacial score (nSPS) is 12.3. The third kappa shape index (κ3) is 38.1. The summed E-state index contributed by atoms with van der Waals surface area (Å²) in [4.78, 5) is 84.8. The van der Waals surface area contributed by atoms with Crippen molar-refractivity contribution < 1.29 is 56.9 Å². The topological polar surface area (TPSA) is 294 Å². The van der Waals surface area contributed by atoms with E-state index in [2.05, 4.69) is 36.0 Å². The predicted molar refractivity (Wildman–Crippen MR) is 262 cm³/mol. The number of carboxylic acid groups (broad SMARTS) is 2. The molecule has 3 amide bonds. The molecule has 1 aromatic rings. The highest BCUT2D eigenvalue weighted by Gasteiger charge is 2.25. The summed E-state index contributed by atoms with van der Waals surface area (Å²) in [7, 11) is -3.78. The van der Waals surface area contributed by atoms with Crippen LogP contribution in [0.3, 0.4) is 0 Å². The molecule has 0 aliphatic carbocycles. The fourth-order valence-corrected chi connectivity index (χ4v) is 9.04. The number of carboxylic acids is 2. The molecular formula is C49H87N7O12S. The summed E-state index contributed by atoms with van der Waals surface area (Å²) < 4.78 is 32.0. The van der Waals surface area contributed by atoms with Gasteiger partial charge in [-0.15, -0.1) is 10.2 Å².